The molecule has 0 amide bonds. The molecule has 0 heterocycles. The summed E-state index contributed by atoms with van der Waals surface area (Å²) in [6, 6.07) is 0. The molecule has 3 N–H and O–H groups in total. The summed E-state index contributed by atoms with van der Waals surface area (Å²) >= 11 is 0. The molecule has 0 spiro atoms. The van der Waals surface area contributed by atoms with Gasteiger partial charge in [-0.05, 0) is 6.42 Å². The van der Waals surface area contributed by atoms with Crippen LogP contribution in [0, 0.1) is 0 Å². The van der Waals surface area contributed by atoms with Crippen LogP contribution in [0.15, 0.2) is 0 Å². The lowest BCUT2D eigenvalue weighted by Crippen LogP contribution is -2.21. The SMILES string of the molecule is O=C(O)CCCNOCC(=O)O. The van der Waals surface area contributed by atoms with Crippen LogP contribution in [0.3, 0.4) is 0 Å². The van der Waals surface area contributed by atoms with E-state index < -0.39 is 18.5 Å². The van der Waals surface area contributed by atoms with Crippen LogP contribution in [-0.4, -0.2) is 35.3 Å². The van der Waals surface area contributed by atoms with Gasteiger partial charge in [0.05, 0.1) is 0 Å². The number of hydrogen-bond acceptors (Lipinski definition) is 4. The molecule has 0 atom stereocenters. The summed E-state index contributed by atoms with van der Waals surface area (Å²) in [5.41, 5.74) is 2.33. The number of hydroxylamine groups is 1. The van der Waals surface area contributed by atoms with Crippen molar-refractivity contribution < 1.29 is 24.6 Å². The first-order chi connectivity index (χ1) is 5.63. The van der Waals surface area contributed by atoms with Gasteiger partial charge in [-0.25, -0.2) is 10.3 Å². The largest absolute Gasteiger partial charge is 0.481 e. The Kier molecular flexibility index (Phi) is 5.94. The minimum atomic E-state index is -1.07. The lowest BCUT2D eigenvalue weighted by molar-refractivity contribution is -0.145. The molecule has 0 aromatic carbocycles. The third kappa shape index (κ3) is 8.86. The lowest BCUT2D eigenvalue weighted by Gasteiger charge is -2.00. The molecule has 0 bridgehead atoms. The molecule has 0 aliphatic heterocycles. The molecule has 6 nitrogen and oxygen atoms in total. The third-order valence-electron chi connectivity index (χ3n) is 0.967. The highest BCUT2D eigenvalue weighted by atomic mass is 16.7. The van der Waals surface area contributed by atoms with Gasteiger partial charge in [0.25, 0.3) is 0 Å². The molecule has 0 saturated heterocycles. The van der Waals surface area contributed by atoms with Crippen molar-refractivity contribution in [3.05, 3.63) is 0 Å². The molecule has 0 rings (SSSR count). The standard InChI is InChI=1S/C6H11NO5/c8-5(9)2-1-3-7-12-4-6(10)11/h7H,1-4H2,(H,8,9)(H,10,11). The van der Waals surface area contributed by atoms with E-state index >= 15 is 0 Å². The van der Waals surface area contributed by atoms with Gasteiger partial charge in [-0.3, -0.25) is 9.63 Å². The molecule has 0 unspecified atom stereocenters. The van der Waals surface area contributed by atoms with Crippen LogP contribution in [0.1, 0.15) is 12.8 Å². The van der Waals surface area contributed by atoms with E-state index in [4.69, 9.17) is 10.2 Å². The molecule has 0 aliphatic rings. The summed E-state index contributed by atoms with van der Waals surface area (Å²) in [5, 5.41) is 16.3. The molecular weight excluding hydrogens is 166 g/mol. The first-order valence-electron chi connectivity index (χ1n) is 3.41. The van der Waals surface area contributed by atoms with Gasteiger partial charge < -0.3 is 10.2 Å². The maximum absolute atomic E-state index is 9.98. The van der Waals surface area contributed by atoms with Crippen LogP contribution < -0.4 is 5.48 Å². The normalized spacial score (nSPS) is 9.67. The Morgan fingerprint density at radius 2 is 1.92 bits per heavy atom. The fraction of sp³-hybridized carbons (Fsp3) is 0.667. The molecule has 0 aromatic rings. The van der Waals surface area contributed by atoms with Crippen molar-refractivity contribution in [2.75, 3.05) is 13.2 Å². The van der Waals surface area contributed by atoms with E-state index in [1.54, 1.807) is 0 Å². The van der Waals surface area contributed by atoms with Crippen LogP contribution in [0.25, 0.3) is 0 Å². The fourth-order valence-corrected chi connectivity index (χ4v) is 0.497. The number of carbonyl (C=O) groups is 2. The molecular formula is C6H11NO5. The Balaban J connectivity index is 3.01. The van der Waals surface area contributed by atoms with E-state index in [1.165, 1.54) is 0 Å². The zero-order valence-electron chi connectivity index (χ0n) is 6.45. The van der Waals surface area contributed by atoms with E-state index in [0.29, 0.717) is 13.0 Å². The number of carboxylic acids is 2. The molecule has 0 saturated carbocycles. The van der Waals surface area contributed by atoms with Crippen LogP contribution in [0.2, 0.25) is 0 Å². The summed E-state index contributed by atoms with van der Waals surface area (Å²) in [4.78, 5) is 24.3. The quantitative estimate of drug-likeness (QED) is 0.357. The van der Waals surface area contributed by atoms with Crippen LogP contribution >= 0.6 is 0 Å². The van der Waals surface area contributed by atoms with E-state index in [-0.39, 0.29) is 6.42 Å². The number of carboxylic acid groups (broad SMARTS) is 2. The van der Waals surface area contributed by atoms with Gasteiger partial charge in [-0.1, -0.05) is 0 Å². The van der Waals surface area contributed by atoms with E-state index in [1.807, 2.05) is 0 Å². The van der Waals surface area contributed by atoms with Crippen molar-refractivity contribution in [1.82, 2.24) is 5.48 Å². The summed E-state index contributed by atoms with van der Waals surface area (Å²) in [6.07, 6.45) is 0.457. The van der Waals surface area contributed by atoms with Crippen molar-refractivity contribution in [2.24, 2.45) is 0 Å². The first kappa shape index (κ1) is 10.9. The maximum Gasteiger partial charge on any atom is 0.331 e. The van der Waals surface area contributed by atoms with Gasteiger partial charge in [0.1, 0.15) is 0 Å². The Hall–Kier alpha value is -1.14. The summed E-state index contributed by atoms with van der Waals surface area (Å²) in [7, 11) is 0. The van der Waals surface area contributed by atoms with Gasteiger partial charge in [0.15, 0.2) is 6.61 Å². The van der Waals surface area contributed by atoms with Crippen LogP contribution in [-0.2, 0) is 14.4 Å². The van der Waals surface area contributed by atoms with E-state index in [9.17, 15) is 9.59 Å². The van der Waals surface area contributed by atoms with Gasteiger partial charge in [0, 0.05) is 13.0 Å². The Morgan fingerprint density at radius 1 is 1.25 bits per heavy atom. The summed E-state index contributed by atoms with van der Waals surface area (Å²) < 4.78 is 0. The second-order valence-corrected chi connectivity index (χ2v) is 2.07. The molecule has 6 heteroatoms. The smallest absolute Gasteiger partial charge is 0.331 e. The number of nitrogens with one attached hydrogen (secondary N) is 1. The Morgan fingerprint density at radius 3 is 2.42 bits per heavy atom. The van der Waals surface area contributed by atoms with Crippen molar-refractivity contribution in [2.45, 2.75) is 12.8 Å². The zero-order chi connectivity index (χ0) is 9.40. The van der Waals surface area contributed by atoms with Gasteiger partial charge in [0.2, 0.25) is 0 Å². The minimum absolute atomic E-state index is 0.0451. The Bertz CT molecular complexity index is 140. The van der Waals surface area contributed by atoms with Crippen LogP contribution in [0.5, 0.6) is 0 Å². The molecule has 12 heavy (non-hydrogen) atoms. The van der Waals surface area contributed by atoms with Crippen molar-refractivity contribution >= 4 is 11.9 Å². The second-order valence-electron chi connectivity index (χ2n) is 2.07. The highest BCUT2D eigenvalue weighted by Gasteiger charge is 1.97. The number of aliphatic carboxylic acids is 2. The topological polar surface area (TPSA) is 95.9 Å². The van der Waals surface area contributed by atoms with Gasteiger partial charge >= 0.3 is 11.9 Å². The van der Waals surface area contributed by atoms with Crippen molar-refractivity contribution in [3.63, 3.8) is 0 Å². The highest BCUT2D eigenvalue weighted by Crippen LogP contribution is 1.85. The first-order valence-corrected chi connectivity index (χ1v) is 3.41. The second kappa shape index (κ2) is 6.56. The maximum atomic E-state index is 9.98. The number of hydrogen-bond donors (Lipinski definition) is 3. The Labute approximate surface area is 69.1 Å². The average molecular weight is 177 g/mol. The minimum Gasteiger partial charge on any atom is -0.481 e. The monoisotopic (exact) mass is 177 g/mol. The fourth-order valence-electron chi connectivity index (χ4n) is 0.497. The van der Waals surface area contributed by atoms with E-state index in [2.05, 4.69) is 10.3 Å². The lowest BCUT2D eigenvalue weighted by atomic mass is 10.3. The summed E-state index contributed by atoms with van der Waals surface area (Å²) in [5.74, 6) is -1.95. The zero-order valence-corrected chi connectivity index (χ0v) is 6.45. The predicted molar refractivity (Wildman–Crippen MR) is 38.5 cm³/mol. The summed E-state index contributed by atoms with van der Waals surface area (Å²) in [6.45, 7) is -0.0906. The van der Waals surface area contributed by atoms with Gasteiger partial charge in [-0.15, -0.1) is 0 Å². The van der Waals surface area contributed by atoms with Crippen molar-refractivity contribution in [1.29, 1.82) is 0 Å². The molecule has 70 valence electrons. The molecule has 0 aromatic heterocycles. The van der Waals surface area contributed by atoms with E-state index in [0.717, 1.165) is 0 Å². The van der Waals surface area contributed by atoms with Gasteiger partial charge in [-0.2, -0.15) is 0 Å². The number of rotatable bonds is 7. The molecule has 0 fully saturated rings. The average Bonchev–Trinajstić information content (AvgIpc) is 1.95. The third-order valence-corrected chi connectivity index (χ3v) is 0.967. The molecule has 0 radical (unpaired) electrons. The van der Waals surface area contributed by atoms with Crippen molar-refractivity contribution in [3.8, 4) is 0 Å². The molecule has 0 aliphatic carbocycles. The predicted octanol–water partition coefficient (Wildman–Crippen LogP) is -0.543. The van der Waals surface area contributed by atoms with Crippen LogP contribution in [0.4, 0.5) is 0 Å². The highest BCUT2D eigenvalue weighted by molar-refractivity contribution is 5.68.